The van der Waals surface area contributed by atoms with Gasteiger partial charge in [-0.3, -0.25) is 9.59 Å². The van der Waals surface area contributed by atoms with Crippen molar-refractivity contribution in [2.75, 3.05) is 12.4 Å². The standard InChI is InChI=1S/C21H24Br2N2O3S/c1-21(2,3)10-5-6-12-15(7-10)29-20(16(12)18(24)26)25-19(27)13-8-11(22)9-14(23)17(13)28-4/h8-10H,5-7H2,1-4H3,(H2,24,26)(H,25,27)/t10-/m0/s1. The summed E-state index contributed by atoms with van der Waals surface area (Å²) >= 11 is 8.27. The topological polar surface area (TPSA) is 81.4 Å². The molecule has 0 saturated heterocycles. The molecule has 1 heterocycles. The number of halogens is 2. The van der Waals surface area contributed by atoms with Crippen molar-refractivity contribution < 1.29 is 14.3 Å². The molecule has 1 aromatic heterocycles. The quantitative estimate of drug-likeness (QED) is 0.512. The molecule has 1 aliphatic carbocycles. The molecule has 0 saturated carbocycles. The van der Waals surface area contributed by atoms with E-state index in [0.717, 1.165) is 34.2 Å². The highest BCUT2D eigenvalue weighted by atomic mass is 79.9. The summed E-state index contributed by atoms with van der Waals surface area (Å²) in [6, 6.07) is 3.49. The van der Waals surface area contributed by atoms with Crippen molar-refractivity contribution in [1.82, 2.24) is 0 Å². The van der Waals surface area contributed by atoms with Crippen molar-refractivity contribution in [2.45, 2.75) is 40.0 Å². The molecule has 1 aromatic carbocycles. The average Bonchev–Trinajstić information content (AvgIpc) is 2.97. The number of primary amides is 1. The van der Waals surface area contributed by atoms with Crippen molar-refractivity contribution in [3.63, 3.8) is 0 Å². The van der Waals surface area contributed by atoms with Crippen molar-refractivity contribution in [3.05, 3.63) is 42.6 Å². The molecule has 0 bridgehead atoms. The number of thiophene rings is 1. The number of hydrogen-bond donors (Lipinski definition) is 2. The molecular weight excluding hydrogens is 520 g/mol. The first kappa shape index (κ1) is 22.3. The fraction of sp³-hybridized carbons (Fsp3) is 0.429. The number of nitrogens with two attached hydrogens (primary N) is 1. The zero-order valence-electron chi connectivity index (χ0n) is 16.8. The minimum Gasteiger partial charge on any atom is -0.495 e. The Hall–Kier alpha value is -1.38. The largest absolute Gasteiger partial charge is 0.495 e. The molecule has 0 spiro atoms. The monoisotopic (exact) mass is 542 g/mol. The number of fused-ring (bicyclic) bond motifs is 1. The van der Waals surface area contributed by atoms with E-state index in [2.05, 4.69) is 57.9 Å². The van der Waals surface area contributed by atoms with E-state index in [1.54, 1.807) is 12.1 Å². The van der Waals surface area contributed by atoms with Gasteiger partial charge < -0.3 is 15.8 Å². The third kappa shape index (κ3) is 4.54. The smallest absolute Gasteiger partial charge is 0.260 e. The van der Waals surface area contributed by atoms with Gasteiger partial charge in [0.15, 0.2) is 0 Å². The molecule has 0 radical (unpaired) electrons. The second kappa shape index (κ2) is 8.40. The number of carbonyl (C=O) groups is 2. The number of nitrogens with one attached hydrogen (secondary N) is 1. The van der Waals surface area contributed by atoms with Crippen LogP contribution in [0.2, 0.25) is 0 Å². The zero-order chi connectivity index (χ0) is 21.5. The first-order chi connectivity index (χ1) is 13.5. The predicted octanol–water partition coefficient (Wildman–Crippen LogP) is 5.78. The van der Waals surface area contributed by atoms with E-state index in [-0.39, 0.29) is 11.3 Å². The summed E-state index contributed by atoms with van der Waals surface area (Å²) in [6.07, 6.45) is 2.70. The summed E-state index contributed by atoms with van der Waals surface area (Å²) in [5.74, 6) is 0.103. The Balaban J connectivity index is 1.98. The summed E-state index contributed by atoms with van der Waals surface area (Å²) in [4.78, 5) is 26.4. The van der Waals surface area contributed by atoms with E-state index in [0.29, 0.717) is 32.3 Å². The molecule has 8 heteroatoms. The molecule has 156 valence electrons. The summed E-state index contributed by atoms with van der Waals surface area (Å²) < 4.78 is 6.78. The van der Waals surface area contributed by atoms with Crippen LogP contribution in [0, 0.1) is 11.3 Å². The number of carbonyl (C=O) groups excluding carboxylic acids is 2. The second-order valence-electron chi connectivity index (χ2n) is 8.30. The number of amides is 2. The Bertz CT molecular complexity index is 979. The molecule has 2 amide bonds. The maximum absolute atomic E-state index is 13.0. The molecule has 0 aliphatic heterocycles. The van der Waals surface area contributed by atoms with Crippen LogP contribution in [0.25, 0.3) is 0 Å². The van der Waals surface area contributed by atoms with Gasteiger partial charge in [-0.15, -0.1) is 11.3 Å². The highest BCUT2D eigenvalue weighted by molar-refractivity contribution is 9.11. The van der Waals surface area contributed by atoms with Crippen LogP contribution in [-0.4, -0.2) is 18.9 Å². The molecule has 2 aromatic rings. The first-order valence-electron chi connectivity index (χ1n) is 9.31. The lowest BCUT2D eigenvalue weighted by molar-refractivity contribution is 0.1000. The van der Waals surface area contributed by atoms with Crippen molar-refractivity contribution >= 4 is 60.0 Å². The number of benzene rings is 1. The van der Waals surface area contributed by atoms with E-state index >= 15 is 0 Å². The van der Waals surface area contributed by atoms with Gasteiger partial charge in [-0.05, 0) is 64.2 Å². The lowest BCUT2D eigenvalue weighted by atomic mass is 9.72. The Morgan fingerprint density at radius 1 is 1.28 bits per heavy atom. The Morgan fingerprint density at radius 3 is 2.55 bits per heavy atom. The number of methoxy groups -OCH3 is 1. The highest BCUT2D eigenvalue weighted by Gasteiger charge is 2.33. The normalized spacial score (nSPS) is 16.3. The Labute approximate surface area is 191 Å². The van der Waals surface area contributed by atoms with Gasteiger partial charge in [0, 0.05) is 9.35 Å². The summed E-state index contributed by atoms with van der Waals surface area (Å²) in [5, 5.41) is 3.42. The number of anilines is 1. The maximum atomic E-state index is 13.0. The number of ether oxygens (including phenoxy) is 1. The molecule has 5 nitrogen and oxygen atoms in total. The van der Waals surface area contributed by atoms with Crippen LogP contribution in [0.3, 0.4) is 0 Å². The van der Waals surface area contributed by atoms with Gasteiger partial charge in [0.1, 0.15) is 10.8 Å². The van der Waals surface area contributed by atoms with E-state index < -0.39 is 5.91 Å². The van der Waals surface area contributed by atoms with Gasteiger partial charge in [0.2, 0.25) is 0 Å². The second-order valence-corrected chi connectivity index (χ2v) is 11.2. The van der Waals surface area contributed by atoms with Gasteiger partial charge in [-0.25, -0.2) is 0 Å². The van der Waals surface area contributed by atoms with Crippen LogP contribution < -0.4 is 15.8 Å². The molecule has 1 aliphatic rings. The predicted molar refractivity (Wildman–Crippen MR) is 124 cm³/mol. The average molecular weight is 544 g/mol. The fourth-order valence-electron chi connectivity index (χ4n) is 3.78. The summed E-state index contributed by atoms with van der Waals surface area (Å²) in [6.45, 7) is 6.72. The third-order valence-corrected chi connectivity index (χ3v) is 7.64. The molecule has 3 N–H and O–H groups in total. The van der Waals surface area contributed by atoms with E-state index in [1.165, 1.54) is 18.4 Å². The van der Waals surface area contributed by atoms with Gasteiger partial charge in [0.25, 0.3) is 11.8 Å². The van der Waals surface area contributed by atoms with Gasteiger partial charge in [0.05, 0.1) is 22.7 Å². The zero-order valence-corrected chi connectivity index (χ0v) is 20.8. The third-order valence-electron chi connectivity index (χ3n) is 5.42. The lowest BCUT2D eigenvalue weighted by Crippen LogP contribution is -2.27. The van der Waals surface area contributed by atoms with Gasteiger partial charge in [-0.2, -0.15) is 0 Å². The van der Waals surface area contributed by atoms with Crippen LogP contribution in [0.1, 0.15) is 58.3 Å². The summed E-state index contributed by atoms with van der Waals surface area (Å²) in [7, 11) is 1.51. The molecule has 1 atom stereocenters. The first-order valence-corrected chi connectivity index (χ1v) is 11.7. The minimum absolute atomic E-state index is 0.188. The molecule has 0 fully saturated rings. The highest BCUT2D eigenvalue weighted by Crippen LogP contribution is 2.44. The minimum atomic E-state index is -0.505. The van der Waals surface area contributed by atoms with E-state index in [4.69, 9.17) is 10.5 Å². The lowest BCUT2D eigenvalue weighted by Gasteiger charge is -2.33. The Kier molecular flexibility index (Phi) is 6.46. The Morgan fingerprint density at radius 2 is 1.97 bits per heavy atom. The van der Waals surface area contributed by atoms with Crippen LogP contribution >= 0.6 is 43.2 Å². The summed E-state index contributed by atoms with van der Waals surface area (Å²) in [5.41, 5.74) is 7.68. The van der Waals surface area contributed by atoms with Crippen LogP contribution in [0.15, 0.2) is 21.1 Å². The maximum Gasteiger partial charge on any atom is 0.260 e. The van der Waals surface area contributed by atoms with Crippen LogP contribution in [0.4, 0.5) is 5.00 Å². The van der Waals surface area contributed by atoms with Crippen LogP contribution in [-0.2, 0) is 12.8 Å². The van der Waals surface area contributed by atoms with Gasteiger partial charge in [-0.1, -0.05) is 36.7 Å². The number of rotatable bonds is 4. The van der Waals surface area contributed by atoms with Crippen molar-refractivity contribution in [1.29, 1.82) is 0 Å². The van der Waals surface area contributed by atoms with Crippen LogP contribution in [0.5, 0.6) is 5.75 Å². The molecular formula is C21H24Br2N2O3S. The fourth-order valence-corrected chi connectivity index (χ4v) is 6.50. The van der Waals surface area contributed by atoms with Crippen molar-refractivity contribution in [2.24, 2.45) is 17.1 Å². The van der Waals surface area contributed by atoms with E-state index in [9.17, 15) is 9.59 Å². The molecule has 0 unspecified atom stereocenters. The molecule has 3 rings (SSSR count). The molecule has 29 heavy (non-hydrogen) atoms. The SMILES string of the molecule is COc1c(Br)cc(Br)cc1C(=O)Nc1sc2c(c1C(N)=O)CC[C@H](C(C)(C)C)C2. The van der Waals surface area contributed by atoms with Gasteiger partial charge >= 0.3 is 0 Å². The number of hydrogen-bond acceptors (Lipinski definition) is 4. The van der Waals surface area contributed by atoms with Crippen molar-refractivity contribution in [3.8, 4) is 5.75 Å². The van der Waals surface area contributed by atoms with E-state index in [1.807, 2.05) is 0 Å².